The molecule has 2 N–H and O–H groups in total. The molecule has 0 fully saturated rings. The Balaban J connectivity index is 1.69. The molecular formula is C20H15ClFN5O. The maximum Gasteiger partial charge on any atom is 0.231 e. The maximum absolute atomic E-state index is 13.5. The van der Waals surface area contributed by atoms with Crippen molar-refractivity contribution in [2.45, 2.75) is 19.3 Å². The van der Waals surface area contributed by atoms with Crippen molar-refractivity contribution in [3.63, 3.8) is 0 Å². The number of rotatable bonds is 2. The largest absolute Gasteiger partial charge is 0.322 e. The van der Waals surface area contributed by atoms with Crippen molar-refractivity contribution in [3.05, 3.63) is 70.1 Å². The summed E-state index contributed by atoms with van der Waals surface area (Å²) in [6, 6.07) is 11.9. The number of imidazole rings is 1. The Morgan fingerprint density at radius 3 is 2.86 bits per heavy atom. The van der Waals surface area contributed by atoms with Gasteiger partial charge in [0.05, 0.1) is 16.7 Å². The summed E-state index contributed by atoms with van der Waals surface area (Å²) in [6.07, 6.45) is 0.213. The number of carbonyl (C=O) groups excluding carboxylic acids is 1. The first-order chi connectivity index (χ1) is 13.5. The fourth-order valence-electron chi connectivity index (χ4n) is 3.79. The van der Waals surface area contributed by atoms with Crippen molar-refractivity contribution >= 4 is 34.4 Å². The Hall–Kier alpha value is -3.19. The summed E-state index contributed by atoms with van der Waals surface area (Å²) in [5.41, 5.74) is 3.99. The van der Waals surface area contributed by atoms with Gasteiger partial charge in [-0.15, -0.1) is 0 Å². The second kappa shape index (κ2) is 6.17. The van der Waals surface area contributed by atoms with Gasteiger partial charge in [-0.1, -0.05) is 29.8 Å². The number of aromatic nitrogens is 4. The minimum absolute atomic E-state index is 0.157. The number of para-hydroxylation sites is 2. The van der Waals surface area contributed by atoms with Gasteiger partial charge in [-0.3, -0.25) is 4.79 Å². The molecule has 1 atom stereocenters. The number of aromatic amines is 1. The third kappa shape index (κ3) is 2.58. The summed E-state index contributed by atoms with van der Waals surface area (Å²) in [4.78, 5) is 20.3. The second-order valence-electron chi connectivity index (χ2n) is 6.81. The Morgan fingerprint density at radius 2 is 2.07 bits per heavy atom. The minimum atomic E-state index is -0.413. The molecule has 8 heteroatoms. The number of hydrogen-bond acceptors (Lipinski definition) is 3. The third-order valence-electron chi connectivity index (χ3n) is 5.02. The van der Waals surface area contributed by atoms with Gasteiger partial charge < -0.3 is 10.3 Å². The molecule has 0 saturated carbocycles. The quantitative estimate of drug-likeness (QED) is 0.530. The highest BCUT2D eigenvalue weighted by Gasteiger charge is 2.34. The van der Waals surface area contributed by atoms with Crippen molar-refractivity contribution in [2.24, 2.45) is 0 Å². The Labute approximate surface area is 164 Å². The molecule has 28 heavy (non-hydrogen) atoms. The number of fused-ring (bicyclic) bond motifs is 2. The summed E-state index contributed by atoms with van der Waals surface area (Å²) in [6.45, 7) is 1.87. The SMILES string of the molecule is Cc1nn(-c2nc3ccccc3[nH]2)c2c1[C@H](c1ccc(F)cc1Cl)CC(=O)N2. The second-order valence-corrected chi connectivity index (χ2v) is 7.21. The molecule has 3 heterocycles. The lowest BCUT2D eigenvalue weighted by atomic mass is 9.86. The lowest BCUT2D eigenvalue weighted by Crippen LogP contribution is -2.25. The molecule has 0 radical (unpaired) electrons. The van der Waals surface area contributed by atoms with Crippen LogP contribution in [0.2, 0.25) is 5.02 Å². The van der Waals surface area contributed by atoms with Gasteiger partial charge in [0.1, 0.15) is 11.6 Å². The molecule has 6 nitrogen and oxygen atoms in total. The molecular weight excluding hydrogens is 381 g/mol. The number of aryl methyl sites for hydroxylation is 1. The predicted molar refractivity (Wildman–Crippen MR) is 104 cm³/mol. The van der Waals surface area contributed by atoms with E-state index in [1.807, 2.05) is 31.2 Å². The molecule has 0 unspecified atom stereocenters. The topological polar surface area (TPSA) is 75.6 Å². The van der Waals surface area contributed by atoms with E-state index >= 15 is 0 Å². The Bertz CT molecular complexity index is 1210. The highest BCUT2D eigenvalue weighted by Crippen LogP contribution is 2.42. The molecule has 2 aromatic carbocycles. The number of benzene rings is 2. The zero-order valence-corrected chi connectivity index (χ0v) is 15.6. The van der Waals surface area contributed by atoms with Crippen LogP contribution in [0.15, 0.2) is 42.5 Å². The van der Waals surface area contributed by atoms with Crippen molar-refractivity contribution in [1.82, 2.24) is 19.7 Å². The van der Waals surface area contributed by atoms with Crippen LogP contribution in [0.1, 0.15) is 29.2 Å². The molecule has 0 spiro atoms. The summed E-state index contributed by atoms with van der Waals surface area (Å²) in [5, 5.41) is 7.81. The first kappa shape index (κ1) is 16.9. The lowest BCUT2D eigenvalue weighted by Gasteiger charge is -2.24. The number of nitrogens with one attached hydrogen (secondary N) is 2. The van der Waals surface area contributed by atoms with Gasteiger partial charge in [-0.05, 0) is 36.8 Å². The van der Waals surface area contributed by atoms with Gasteiger partial charge in [-0.25, -0.2) is 9.37 Å². The van der Waals surface area contributed by atoms with E-state index in [0.29, 0.717) is 22.4 Å². The average molecular weight is 396 g/mol. The van der Waals surface area contributed by atoms with Crippen molar-refractivity contribution in [3.8, 4) is 5.95 Å². The molecule has 1 aliphatic rings. The minimum Gasteiger partial charge on any atom is -0.322 e. The first-order valence-electron chi connectivity index (χ1n) is 8.80. The molecule has 2 aromatic heterocycles. The molecule has 5 rings (SSSR count). The summed E-state index contributed by atoms with van der Waals surface area (Å²) in [5.74, 6) is 0.184. The smallest absolute Gasteiger partial charge is 0.231 e. The molecule has 0 bridgehead atoms. The van der Waals surface area contributed by atoms with E-state index in [-0.39, 0.29) is 18.2 Å². The van der Waals surface area contributed by atoms with Crippen molar-refractivity contribution in [2.75, 3.05) is 5.32 Å². The van der Waals surface area contributed by atoms with E-state index in [0.717, 1.165) is 22.3 Å². The van der Waals surface area contributed by atoms with E-state index in [1.54, 1.807) is 10.7 Å². The van der Waals surface area contributed by atoms with Crippen LogP contribution < -0.4 is 5.32 Å². The van der Waals surface area contributed by atoms with E-state index in [9.17, 15) is 9.18 Å². The molecule has 140 valence electrons. The highest BCUT2D eigenvalue weighted by atomic mass is 35.5. The number of nitrogens with zero attached hydrogens (tertiary/aromatic N) is 3. The third-order valence-corrected chi connectivity index (χ3v) is 5.35. The fourth-order valence-corrected chi connectivity index (χ4v) is 4.09. The van der Waals surface area contributed by atoms with Crippen LogP contribution in [0.25, 0.3) is 17.0 Å². The normalized spacial score (nSPS) is 16.2. The van der Waals surface area contributed by atoms with Gasteiger partial charge in [0.15, 0.2) is 0 Å². The monoisotopic (exact) mass is 395 g/mol. The average Bonchev–Trinajstić information content (AvgIpc) is 3.22. The summed E-state index contributed by atoms with van der Waals surface area (Å²) >= 11 is 6.29. The van der Waals surface area contributed by atoms with Crippen LogP contribution in [0.5, 0.6) is 0 Å². The number of amides is 1. The molecule has 1 aliphatic heterocycles. The van der Waals surface area contributed by atoms with E-state index < -0.39 is 5.82 Å². The number of halogens is 2. The maximum atomic E-state index is 13.5. The van der Waals surface area contributed by atoms with E-state index in [4.69, 9.17) is 11.6 Å². The van der Waals surface area contributed by atoms with Gasteiger partial charge in [0.2, 0.25) is 11.9 Å². The van der Waals surface area contributed by atoms with Crippen molar-refractivity contribution < 1.29 is 9.18 Å². The van der Waals surface area contributed by atoms with Crippen LogP contribution in [0, 0.1) is 12.7 Å². The Morgan fingerprint density at radius 1 is 1.25 bits per heavy atom. The zero-order valence-electron chi connectivity index (χ0n) is 14.8. The van der Waals surface area contributed by atoms with Crippen LogP contribution in [-0.2, 0) is 4.79 Å². The zero-order chi connectivity index (χ0) is 19.4. The molecule has 4 aromatic rings. The van der Waals surface area contributed by atoms with Crippen molar-refractivity contribution in [1.29, 1.82) is 0 Å². The predicted octanol–water partition coefficient (Wildman–Crippen LogP) is 4.32. The first-order valence-corrected chi connectivity index (χ1v) is 9.18. The van der Waals surface area contributed by atoms with E-state index in [1.165, 1.54) is 12.1 Å². The number of hydrogen-bond donors (Lipinski definition) is 2. The molecule has 0 saturated heterocycles. The summed E-state index contributed by atoms with van der Waals surface area (Å²) < 4.78 is 15.1. The van der Waals surface area contributed by atoms with Gasteiger partial charge in [0.25, 0.3) is 0 Å². The van der Waals surface area contributed by atoms with Crippen LogP contribution in [0.4, 0.5) is 10.2 Å². The highest BCUT2D eigenvalue weighted by molar-refractivity contribution is 6.31. The van der Waals surface area contributed by atoms with Gasteiger partial charge in [0, 0.05) is 22.9 Å². The lowest BCUT2D eigenvalue weighted by molar-refractivity contribution is -0.116. The standard InChI is InChI=1S/C20H15ClFN5O/c1-10-18-13(12-7-6-11(22)8-14(12)21)9-17(28)25-19(18)27(26-10)20-23-15-4-2-3-5-16(15)24-20/h2-8,13H,9H2,1H3,(H,23,24)(H,25,28)/t13-/m0/s1. The number of carbonyl (C=O) groups is 1. The van der Waals surface area contributed by atoms with Crippen LogP contribution in [-0.4, -0.2) is 25.7 Å². The van der Waals surface area contributed by atoms with Gasteiger partial charge in [-0.2, -0.15) is 9.78 Å². The summed E-state index contributed by atoms with van der Waals surface area (Å²) in [7, 11) is 0. The number of anilines is 1. The molecule has 1 amide bonds. The van der Waals surface area contributed by atoms with Gasteiger partial charge >= 0.3 is 0 Å². The van der Waals surface area contributed by atoms with Crippen LogP contribution in [0.3, 0.4) is 0 Å². The number of H-pyrrole nitrogens is 1. The molecule has 0 aliphatic carbocycles. The fraction of sp³-hybridized carbons (Fsp3) is 0.150. The van der Waals surface area contributed by atoms with E-state index in [2.05, 4.69) is 20.4 Å². The Kier molecular flexibility index (Phi) is 3.73. The van der Waals surface area contributed by atoms with Crippen LogP contribution >= 0.6 is 11.6 Å².